The molecule has 0 unspecified atom stereocenters. The summed E-state index contributed by atoms with van der Waals surface area (Å²) in [6.45, 7) is 1.96. The third-order valence-electron chi connectivity index (χ3n) is 4.73. The molecule has 7 nitrogen and oxygen atoms in total. The number of aromatic nitrogens is 3. The minimum absolute atomic E-state index is 0.0762. The van der Waals surface area contributed by atoms with Crippen molar-refractivity contribution in [3.8, 4) is 10.7 Å². The first-order chi connectivity index (χ1) is 14.2. The first-order valence-electron chi connectivity index (χ1n) is 9.50. The molecule has 1 aliphatic heterocycles. The fourth-order valence-electron chi connectivity index (χ4n) is 3.20. The summed E-state index contributed by atoms with van der Waals surface area (Å²) >= 11 is 1.45. The van der Waals surface area contributed by atoms with E-state index in [1.165, 1.54) is 11.3 Å². The van der Waals surface area contributed by atoms with Crippen LogP contribution in [0.3, 0.4) is 0 Å². The van der Waals surface area contributed by atoms with Crippen LogP contribution in [-0.2, 0) is 29.1 Å². The van der Waals surface area contributed by atoms with Gasteiger partial charge in [-0.25, -0.2) is 4.98 Å². The van der Waals surface area contributed by atoms with Crippen molar-refractivity contribution in [3.05, 3.63) is 65.1 Å². The van der Waals surface area contributed by atoms with Gasteiger partial charge in [0, 0.05) is 43.8 Å². The second-order valence-corrected chi connectivity index (χ2v) is 7.78. The first kappa shape index (κ1) is 19.2. The van der Waals surface area contributed by atoms with E-state index in [1.807, 2.05) is 34.5 Å². The standard InChI is InChI=1S/C21H21N5O2S/c27-19(10-17-14-29-21(25-17)18-12-22-7-8-23-18)24-11-15-3-5-16(6-4-15)13-26-9-1-2-20(26)28/h3-8,12,14H,1-2,9-11,13H2,(H,24,27). The van der Waals surface area contributed by atoms with Gasteiger partial charge in [0.05, 0.1) is 18.3 Å². The van der Waals surface area contributed by atoms with Gasteiger partial charge in [-0.1, -0.05) is 24.3 Å². The lowest BCUT2D eigenvalue weighted by Crippen LogP contribution is -2.25. The second kappa shape index (κ2) is 8.91. The van der Waals surface area contributed by atoms with Gasteiger partial charge in [-0.05, 0) is 17.5 Å². The number of thiazole rings is 1. The Morgan fingerprint density at radius 2 is 2.00 bits per heavy atom. The van der Waals surface area contributed by atoms with E-state index in [0.717, 1.165) is 34.8 Å². The lowest BCUT2D eigenvalue weighted by atomic mass is 10.1. The van der Waals surface area contributed by atoms with E-state index < -0.39 is 0 Å². The maximum atomic E-state index is 12.2. The summed E-state index contributed by atoms with van der Waals surface area (Å²) in [5.74, 6) is 0.151. The number of carbonyl (C=O) groups is 2. The lowest BCUT2D eigenvalue weighted by molar-refractivity contribution is -0.128. The van der Waals surface area contributed by atoms with Crippen LogP contribution < -0.4 is 5.32 Å². The van der Waals surface area contributed by atoms with Crippen LogP contribution in [0.5, 0.6) is 0 Å². The molecular weight excluding hydrogens is 386 g/mol. The van der Waals surface area contributed by atoms with Crippen molar-refractivity contribution in [2.75, 3.05) is 6.54 Å². The molecule has 1 aromatic carbocycles. The van der Waals surface area contributed by atoms with Crippen LogP contribution in [0.1, 0.15) is 29.7 Å². The number of nitrogens with one attached hydrogen (secondary N) is 1. The van der Waals surface area contributed by atoms with Crippen LogP contribution in [0.15, 0.2) is 48.2 Å². The molecule has 1 saturated heterocycles. The topological polar surface area (TPSA) is 88.1 Å². The van der Waals surface area contributed by atoms with E-state index in [4.69, 9.17) is 0 Å². The van der Waals surface area contributed by atoms with Crippen molar-refractivity contribution in [2.24, 2.45) is 0 Å². The smallest absolute Gasteiger partial charge is 0.226 e. The van der Waals surface area contributed by atoms with Gasteiger partial charge in [-0.3, -0.25) is 19.6 Å². The summed E-state index contributed by atoms with van der Waals surface area (Å²) in [5.41, 5.74) is 3.56. The highest BCUT2D eigenvalue weighted by atomic mass is 32.1. The van der Waals surface area contributed by atoms with Crippen LogP contribution in [0.2, 0.25) is 0 Å². The Hall–Kier alpha value is -3.13. The van der Waals surface area contributed by atoms with Crippen LogP contribution in [-0.4, -0.2) is 38.2 Å². The molecule has 2 aromatic heterocycles. The molecule has 148 valence electrons. The highest BCUT2D eigenvalue weighted by Crippen LogP contribution is 2.21. The number of amides is 2. The average Bonchev–Trinajstić information content (AvgIpc) is 3.37. The summed E-state index contributed by atoms with van der Waals surface area (Å²) in [4.78, 5) is 38.6. The van der Waals surface area contributed by atoms with Gasteiger partial charge < -0.3 is 10.2 Å². The zero-order valence-electron chi connectivity index (χ0n) is 15.9. The maximum absolute atomic E-state index is 12.2. The van der Waals surface area contributed by atoms with Crippen molar-refractivity contribution in [1.29, 1.82) is 0 Å². The summed E-state index contributed by atoms with van der Waals surface area (Å²) in [6, 6.07) is 8.01. The number of carbonyl (C=O) groups excluding carboxylic acids is 2. The largest absolute Gasteiger partial charge is 0.352 e. The molecule has 1 fully saturated rings. The van der Waals surface area contributed by atoms with Gasteiger partial charge in [0.15, 0.2) is 0 Å². The highest BCUT2D eigenvalue weighted by molar-refractivity contribution is 7.13. The van der Waals surface area contributed by atoms with Crippen LogP contribution in [0.25, 0.3) is 10.7 Å². The number of rotatable bonds is 7. The van der Waals surface area contributed by atoms with Gasteiger partial charge >= 0.3 is 0 Å². The minimum atomic E-state index is -0.0762. The van der Waals surface area contributed by atoms with E-state index in [2.05, 4.69) is 20.3 Å². The molecular formula is C21H21N5O2S. The van der Waals surface area contributed by atoms with E-state index in [1.54, 1.807) is 18.6 Å². The Labute approximate surface area is 172 Å². The molecule has 0 aliphatic carbocycles. The summed E-state index contributed by atoms with van der Waals surface area (Å²) in [7, 11) is 0. The average molecular weight is 407 g/mol. The Bertz CT molecular complexity index is 988. The molecule has 1 N–H and O–H groups in total. The molecule has 1 aliphatic rings. The summed E-state index contributed by atoms with van der Waals surface area (Å²) < 4.78 is 0. The van der Waals surface area contributed by atoms with Crippen molar-refractivity contribution < 1.29 is 9.59 Å². The third-order valence-corrected chi connectivity index (χ3v) is 5.65. The Morgan fingerprint density at radius 3 is 2.72 bits per heavy atom. The maximum Gasteiger partial charge on any atom is 0.226 e. The zero-order valence-corrected chi connectivity index (χ0v) is 16.7. The molecule has 0 spiro atoms. The number of benzene rings is 1. The van der Waals surface area contributed by atoms with E-state index >= 15 is 0 Å². The molecule has 0 saturated carbocycles. The van der Waals surface area contributed by atoms with E-state index in [0.29, 0.717) is 25.2 Å². The molecule has 2 amide bonds. The third kappa shape index (κ3) is 5.03. The molecule has 8 heteroatoms. The molecule has 0 radical (unpaired) electrons. The van der Waals surface area contributed by atoms with Crippen LogP contribution in [0, 0.1) is 0 Å². The lowest BCUT2D eigenvalue weighted by Gasteiger charge is -2.15. The summed E-state index contributed by atoms with van der Waals surface area (Å²) in [6.07, 6.45) is 6.73. The van der Waals surface area contributed by atoms with Crippen molar-refractivity contribution in [3.63, 3.8) is 0 Å². The first-order valence-corrected chi connectivity index (χ1v) is 10.4. The molecule has 3 heterocycles. The number of hydrogen-bond donors (Lipinski definition) is 1. The van der Waals surface area contributed by atoms with Gasteiger partial charge in [-0.2, -0.15) is 0 Å². The minimum Gasteiger partial charge on any atom is -0.352 e. The van der Waals surface area contributed by atoms with Crippen molar-refractivity contribution >= 4 is 23.2 Å². The Kier molecular flexibility index (Phi) is 5.90. The number of likely N-dealkylation sites (tertiary alicyclic amines) is 1. The summed E-state index contributed by atoms with van der Waals surface area (Å²) in [5, 5.41) is 5.56. The zero-order chi connectivity index (χ0) is 20.1. The SMILES string of the molecule is O=C(Cc1csc(-c2cnccn2)n1)NCc1ccc(CN2CCCC2=O)cc1. The van der Waals surface area contributed by atoms with Gasteiger partial charge in [0.1, 0.15) is 10.7 Å². The predicted molar refractivity (Wildman–Crippen MR) is 110 cm³/mol. The normalized spacial score (nSPS) is 13.7. The van der Waals surface area contributed by atoms with E-state index in [-0.39, 0.29) is 18.2 Å². The fourth-order valence-corrected chi connectivity index (χ4v) is 3.98. The van der Waals surface area contributed by atoms with Crippen molar-refractivity contribution in [2.45, 2.75) is 32.4 Å². The molecule has 0 bridgehead atoms. The molecule has 4 rings (SSSR count). The molecule has 29 heavy (non-hydrogen) atoms. The van der Waals surface area contributed by atoms with Gasteiger partial charge in [-0.15, -0.1) is 11.3 Å². The van der Waals surface area contributed by atoms with Gasteiger partial charge in [0.2, 0.25) is 11.8 Å². The highest BCUT2D eigenvalue weighted by Gasteiger charge is 2.19. The molecule has 0 atom stereocenters. The predicted octanol–water partition coefficient (Wildman–Crippen LogP) is 2.58. The fraction of sp³-hybridized carbons (Fsp3) is 0.286. The number of hydrogen-bond acceptors (Lipinski definition) is 6. The van der Waals surface area contributed by atoms with E-state index in [9.17, 15) is 9.59 Å². The van der Waals surface area contributed by atoms with Crippen molar-refractivity contribution in [1.82, 2.24) is 25.2 Å². The van der Waals surface area contributed by atoms with Crippen LogP contribution >= 0.6 is 11.3 Å². The Balaban J connectivity index is 1.26. The Morgan fingerprint density at radius 1 is 1.17 bits per heavy atom. The second-order valence-electron chi connectivity index (χ2n) is 6.92. The monoisotopic (exact) mass is 407 g/mol. The quantitative estimate of drug-likeness (QED) is 0.650. The van der Waals surface area contributed by atoms with Gasteiger partial charge in [0.25, 0.3) is 0 Å². The van der Waals surface area contributed by atoms with Crippen LogP contribution in [0.4, 0.5) is 0 Å². The number of nitrogens with zero attached hydrogens (tertiary/aromatic N) is 4. The molecule has 3 aromatic rings.